The van der Waals surface area contributed by atoms with Gasteiger partial charge in [-0.25, -0.2) is 4.79 Å². The number of carbonyl (C=O) groups is 2. The Morgan fingerprint density at radius 1 is 1.38 bits per heavy atom. The van der Waals surface area contributed by atoms with E-state index in [1.54, 1.807) is 6.08 Å². The fourth-order valence-corrected chi connectivity index (χ4v) is 2.97. The van der Waals surface area contributed by atoms with Crippen molar-refractivity contribution >= 4 is 11.9 Å². The topological polar surface area (TPSA) is 87.5 Å². The van der Waals surface area contributed by atoms with E-state index < -0.39 is 6.03 Å². The molecular formula is C15H28N4O2. The van der Waals surface area contributed by atoms with Crippen LogP contribution in [0.15, 0.2) is 12.7 Å². The van der Waals surface area contributed by atoms with Crippen LogP contribution in [0.1, 0.15) is 32.6 Å². The number of hydrogen-bond donors (Lipinski definition) is 3. The molecule has 6 heteroatoms. The number of urea groups is 1. The number of hydrogen-bond acceptors (Lipinski definition) is 4. The van der Waals surface area contributed by atoms with Crippen molar-refractivity contribution in [2.24, 2.45) is 11.7 Å². The maximum absolute atomic E-state index is 12.0. The van der Waals surface area contributed by atoms with E-state index in [4.69, 9.17) is 5.73 Å². The largest absolute Gasteiger partial charge is 0.334 e. The van der Waals surface area contributed by atoms with E-state index in [9.17, 15) is 9.59 Å². The number of amides is 3. The normalized spacial score (nSPS) is 21.9. The molecule has 1 fully saturated rings. The lowest BCUT2D eigenvalue weighted by Crippen LogP contribution is -2.50. The average Bonchev–Trinajstić information content (AvgIpc) is 2.50. The monoisotopic (exact) mass is 296 g/mol. The van der Waals surface area contributed by atoms with Gasteiger partial charge < -0.3 is 11.1 Å². The first kappa shape index (κ1) is 17.7. The van der Waals surface area contributed by atoms with E-state index >= 15 is 0 Å². The minimum atomic E-state index is -0.477. The number of carbonyl (C=O) groups excluding carboxylic acids is 2. The van der Waals surface area contributed by atoms with Crippen molar-refractivity contribution in [3.05, 3.63) is 12.7 Å². The highest BCUT2D eigenvalue weighted by molar-refractivity contribution is 5.95. The van der Waals surface area contributed by atoms with Crippen molar-refractivity contribution in [2.45, 2.75) is 38.6 Å². The third-order valence-electron chi connectivity index (χ3n) is 4.05. The molecule has 120 valence electrons. The maximum Gasteiger partial charge on any atom is 0.321 e. The van der Waals surface area contributed by atoms with Crippen LogP contribution in [-0.4, -0.2) is 49.1 Å². The van der Waals surface area contributed by atoms with Crippen molar-refractivity contribution in [3.63, 3.8) is 0 Å². The fraction of sp³-hybridized carbons (Fsp3) is 0.733. The van der Waals surface area contributed by atoms with Gasteiger partial charge in [-0.1, -0.05) is 25.8 Å². The lowest BCUT2D eigenvalue weighted by molar-refractivity contribution is -0.122. The molecule has 2 atom stereocenters. The van der Waals surface area contributed by atoms with E-state index in [0.29, 0.717) is 25.0 Å². The lowest BCUT2D eigenvalue weighted by atomic mass is 9.83. The SMILES string of the molecule is C=CCNC(=O)NC(=O)CN(CC)C1CCCCC1CN. The van der Waals surface area contributed by atoms with Gasteiger partial charge in [-0.15, -0.1) is 6.58 Å². The van der Waals surface area contributed by atoms with Crippen LogP contribution in [0.4, 0.5) is 4.79 Å². The number of imide groups is 1. The lowest BCUT2D eigenvalue weighted by Gasteiger charge is -2.38. The molecule has 1 rings (SSSR count). The molecule has 4 N–H and O–H groups in total. The molecule has 0 radical (unpaired) electrons. The first-order valence-electron chi connectivity index (χ1n) is 7.75. The van der Waals surface area contributed by atoms with Gasteiger partial charge >= 0.3 is 6.03 Å². The number of nitrogens with two attached hydrogens (primary N) is 1. The van der Waals surface area contributed by atoms with E-state index in [2.05, 4.69) is 22.1 Å². The first-order valence-corrected chi connectivity index (χ1v) is 7.75. The highest BCUT2D eigenvalue weighted by atomic mass is 16.2. The summed E-state index contributed by atoms with van der Waals surface area (Å²) in [6.45, 7) is 7.55. The third-order valence-corrected chi connectivity index (χ3v) is 4.05. The van der Waals surface area contributed by atoms with Gasteiger partial charge in [0.05, 0.1) is 6.54 Å². The second-order valence-corrected chi connectivity index (χ2v) is 5.46. The van der Waals surface area contributed by atoms with E-state index in [0.717, 1.165) is 19.4 Å². The Bertz CT molecular complexity index is 360. The molecule has 1 aliphatic carbocycles. The summed E-state index contributed by atoms with van der Waals surface area (Å²) in [6, 6.07) is -0.134. The summed E-state index contributed by atoms with van der Waals surface area (Å²) in [5, 5.41) is 4.87. The molecular weight excluding hydrogens is 268 g/mol. The molecule has 2 unspecified atom stereocenters. The predicted molar refractivity (Wildman–Crippen MR) is 83.8 cm³/mol. The second-order valence-electron chi connectivity index (χ2n) is 5.46. The Morgan fingerprint density at radius 3 is 2.71 bits per heavy atom. The number of likely N-dealkylation sites (N-methyl/N-ethyl adjacent to an activating group) is 1. The van der Waals surface area contributed by atoms with Crippen molar-refractivity contribution in [3.8, 4) is 0 Å². The van der Waals surface area contributed by atoms with Crippen LogP contribution < -0.4 is 16.4 Å². The van der Waals surface area contributed by atoms with Gasteiger partial charge in [0.15, 0.2) is 0 Å². The number of nitrogens with one attached hydrogen (secondary N) is 2. The van der Waals surface area contributed by atoms with Crippen molar-refractivity contribution < 1.29 is 9.59 Å². The van der Waals surface area contributed by atoms with Gasteiger partial charge in [0.1, 0.15) is 0 Å². The van der Waals surface area contributed by atoms with Crippen LogP contribution in [0, 0.1) is 5.92 Å². The molecule has 0 heterocycles. The quantitative estimate of drug-likeness (QED) is 0.608. The summed E-state index contributed by atoms with van der Waals surface area (Å²) < 4.78 is 0. The Balaban J connectivity index is 2.50. The molecule has 0 aromatic heterocycles. The van der Waals surface area contributed by atoms with Gasteiger partial charge in [0, 0.05) is 12.6 Å². The highest BCUT2D eigenvalue weighted by Crippen LogP contribution is 2.27. The zero-order valence-corrected chi connectivity index (χ0v) is 12.9. The molecule has 0 aromatic rings. The predicted octanol–water partition coefficient (Wildman–Crippen LogP) is 0.838. The molecule has 0 spiro atoms. The Labute approximate surface area is 127 Å². The zero-order valence-electron chi connectivity index (χ0n) is 12.9. The van der Waals surface area contributed by atoms with E-state index in [-0.39, 0.29) is 12.5 Å². The summed E-state index contributed by atoms with van der Waals surface area (Å²) in [6.07, 6.45) is 6.16. The number of nitrogens with zero attached hydrogens (tertiary/aromatic N) is 1. The summed E-state index contributed by atoms with van der Waals surface area (Å²) in [4.78, 5) is 25.5. The van der Waals surface area contributed by atoms with Gasteiger partial charge in [-0.3, -0.25) is 15.0 Å². The van der Waals surface area contributed by atoms with Crippen molar-refractivity contribution in [1.82, 2.24) is 15.5 Å². The van der Waals surface area contributed by atoms with Gasteiger partial charge in [-0.2, -0.15) is 0 Å². The van der Waals surface area contributed by atoms with Gasteiger partial charge in [0.2, 0.25) is 5.91 Å². The highest BCUT2D eigenvalue weighted by Gasteiger charge is 2.29. The van der Waals surface area contributed by atoms with E-state index in [1.807, 2.05) is 6.92 Å². The molecule has 0 aliphatic heterocycles. The van der Waals surface area contributed by atoms with Crippen molar-refractivity contribution in [1.29, 1.82) is 0 Å². The molecule has 0 aromatic carbocycles. The smallest absolute Gasteiger partial charge is 0.321 e. The maximum atomic E-state index is 12.0. The molecule has 21 heavy (non-hydrogen) atoms. The summed E-state index contributed by atoms with van der Waals surface area (Å²) >= 11 is 0. The number of rotatable bonds is 7. The second kappa shape index (κ2) is 9.52. The standard InChI is InChI=1S/C15H28N4O2/c1-3-9-17-15(21)18-14(20)11-19(4-2)13-8-6-5-7-12(13)10-16/h3,12-13H,1,4-11,16H2,2H3,(H2,17,18,20,21). The van der Waals surface area contributed by atoms with Crippen LogP contribution in [0.5, 0.6) is 0 Å². The Hall–Kier alpha value is -1.40. The van der Waals surface area contributed by atoms with Crippen LogP contribution in [0.25, 0.3) is 0 Å². The Kier molecular flexibility index (Phi) is 8.00. The van der Waals surface area contributed by atoms with Crippen LogP contribution >= 0.6 is 0 Å². The Morgan fingerprint density at radius 2 is 2.10 bits per heavy atom. The molecule has 3 amide bonds. The summed E-state index contributed by atoms with van der Waals surface area (Å²) in [7, 11) is 0. The minimum Gasteiger partial charge on any atom is -0.334 e. The summed E-state index contributed by atoms with van der Waals surface area (Å²) in [5.41, 5.74) is 5.85. The molecule has 0 bridgehead atoms. The average molecular weight is 296 g/mol. The van der Waals surface area contributed by atoms with Crippen molar-refractivity contribution in [2.75, 3.05) is 26.2 Å². The van der Waals surface area contributed by atoms with Crippen LogP contribution in [0.2, 0.25) is 0 Å². The van der Waals surface area contributed by atoms with Gasteiger partial charge in [-0.05, 0) is 31.8 Å². The fourth-order valence-electron chi connectivity index (χ4n) is 2.97. The van der Waals surface area contributed by atoms with E-state index in [1.165, 1.54) is 12.8 Å². The van der Waals surface area contributed by atoms with Gasteiger partial charge in [0.25, 0.3) is 0 Å². The van der Waals surface area contributed by atoms with Crippen LogP contribution in [-0.2, 0) is 4.79 Å². The molecule has 6 nitrogen and oxygen atoms in total. The molecule has 0 saturated heterocycles. The zero-order chi connectivity index (χ0) is 15.7. The minimum absolute atomic E-state index is 0.235. The first-order chi connectivity index (χ1) is 10.1. The summed E-state index contributed by atoms with van der Waals surface area (Å²) in [5.74, 6) is 0.167. The molecule has 1 aliphatic rings. The molecule has 1 saturated carbocycles. The van der Waals surface area contributed by atoms with Crippen LogP contribution in [0.3, 0.4) is 0 Å². The third kappa shape index (κ3) is 5.85.